The minimum absolute atomic E-state index is 0.0934. The van der Waals surface area contributed by atoms with E-state index in [4.69, 9.17) is 4.42 Å². The Morgan fingerprint density at radius 2 is 2.12 bits per heavy atom. The normalized spacial score (nSPS) is 10.4. The molecule has 4 heteroatoms. The second kappa shape index (κ2) is 5.68. The van der Waals surface area contributed by atoms with Crippen LogP contribution in [0.3, 0.4) is 0 Å². The van der Waals surface area contributed by atoms with Crippen molar-refractivity contribution < 1.29 is 9.21 Å². The molecule has 1 aromatic carbocycles. The van der Waals surface area contributed by atoms with Gasteiger partial charge in [-0.2, -0.15) is 0 Å². The van der Waals surface area contributed by atoms with Crippen molar-refractivity contribution in [2.24, 2.45) is 0 Å². The molecule has 0 saturated carbocycles. The molecule has 3 nitrogen and oxygen atoms in total. The molecule has 0 N–H and O–H groups in total. The number of nitrogens with zero attached hydrogens (tertiary/aromatic N) is 1. The summed E-state index contributed by atoms with van der Waals surface area (Å²) < 4.78 is 5.06. The van der Waals surface area contributed by atoms with Crippen LogP contribution in [0.15, 0.2) is 46.4 Å². The molecule has 17 heavy (non-hydrogen) atoms. The van der Waals surface area contributed by atoms with E-state index in [2.05, 4.69) is 11.9 Å². The first-order chi connectivity index (χ1) is 8.29. The van der Waals surface area contributed by atoms with E-state index in [-0.39, 0.29) is 5.78 Å². The summed E-state index contributed by atoms with van der Waals surface area (Å²) in [6.45, 7) is 2.09. The van der Waals surface area contributed by atoms with Gasteiger partial charge in [-0.15, -0.1) is 0 Å². The van der Waals surface area contributed by atoms with E-state index in [1.54, 1.807) is 6.20 Å². The second-order valence-corrected chi connectivity index (χ2v) is 4.49. The van der Waals surface area contributed by atoms with Crippen LogP contribution in [0.5, 0.6) is 0 Å². The summed E-state index contributed by atoms with van der Waals surface area (Å²) >= 11 is 1.31. The quantitative estimate of drug-likeness (QED) is 0.601. The number of aromatic nitrogens is 1. The Morgan fingerprint density at radius 3 is 2.71 bits per heavy atom. The molecule has 88 valence electrons. The van der Waals surface area contributed by atoms with Gasteiger partial charge in [0.05, 0.1) is 11.9 Å². The molecule has 0 amide bonds. The van der Waals surface area contributed by atoms with Gasteiger partial charge in [0.1, 0.15) is 6.26 Å². The molecule has 0 fully saturated rings. The minimum atomic E-state index is 0.0934. The molecular formula is C13H13NO2S. The molecule has 0 unspecified atom stereocenters. The molecule has 0 bridgehead atoms. The van der Waals surface area contributed by atoms with Crippen molar-refractivity contribution in [1.82, 2.24) is 4.98 Å². The Kier molecular flexibility index (Phi) is 3.98. The van der Waals surface area contributed by atoms with E-state index in [9.17, 15) is 4.79 Å². The Labute approximate surface area is 104 Å². The van der Waals surface area contributed by atoms with E-state index in [1.807, 2.05) is 24.3 Å². The van der Waals surface area contributed by atoms with E-state index in [0.717, 1.165) is 12.0 Å². The summed E-state index contributed by atoms with van der Waals surface area (Å²) in [6.07, 6.45) is 4.06. The van der Waals surface area contributed by atoms with Gasteiger partial charge in [0.25, 0.3) is 5.22 Å². The first-order valence-electron chi connectivity index (χ1n) is 5.44. The molecule has 0 aliphatic heterocycles. The summed E-state index contributed by atoms with van der Waals surface area (Å²) in [5.74, 6) is 0.447. The number of ketones is 1. The van der Waals surface area contributed by atoms with Gasteiger partial charge >= 0.3 is 0 Å². The van der Waals surface area contributed by atoms with Crippen LogP contribution in [-0.4, -0.2) is 16.5 Å². The van der Waals surface area contributed by atoms with Crippen molar-refractivity contribution >= 4 is 17.5 Å². The lowest BCUT2D eigenvalue weighted by Crippen LogP contribution is -2.02. The van der Waals surface area contributed by atoms with Crippen LogP contribution in [0.4, 0.5) is 0 Å². The Hall–Kier alpha value is -1.55. The van der Waals surface area contributed by atoms with Crippen LogP contribution in [0.25, 0.3) is 0 Å². The molecule has 0 radical (unpaired) electrons. The number of thioether (sulfide) groups is 1. The maximum Gasteiger partial charge on any atom is 0.255 e. The smallest absolute Gasteiger partial charge is 0.255 e. The van der Waals surface area contributed by atoms with Gasteiger partial charge in [-0.3, -0.25) is 4.79 Å². The van der Waals surface area contributed by atoms with Crippen molar-refractivity contribution in [1.29, 1.82) is 0 Å². The van der Waals surface area contributed by atoms with Crippen LogP contribution in [0, 0.1) is 0 Å². The lowest BCUT2D eigenvalue weighted by Gasteiger charge is -2.00. The van der Waals surface area contributed by atoms with Crippen LogP contribution >= 0.6 is 11.8 Å². The van der Waals surface area contributed by atoms with E-state index < -0.39 is 0 Å². The van der Waals surface area contributed by atoms with Crippen molar-refractivity contribution in [2.45, 2.75) is 18.6 Å². The van der Waals surface area contributed by atoms with Crippen LogP contribution < -0.4 is 0 Å². The first-order valence-corrected chi connectivity index (χ1v) is 6.42. The number of aryl methyl sites for hydroxylation is 1. The van der Waals surface area contributed by atoms with Crippen molar-refractivity contribution in [3.05, 3.63) is 47.9 Å². The average molecular weight is 247 g/mol. The maximum absolute atomic E-state index is 11.8. The topological polar surface area (TPSA) is 43.1 Å². The molecule has 2 rings (SSSR count). The summed E-state index contributed by atoms with van der Waals surface area (Å²) in [6, 6.07) is 7.72. The second-order valence-electron chi connectivity index (χ2n) is 3.56. The predicted octanol–water partition coefficient (Wildman–Crippen LogP) is 3.21. The van der Waals surface area contributed by atoms with Crippen molar-refractivity contribution in [2.75, 3.05) is 5.75 Å². The summed E-state index contributed by atoms with van der Waals surface area (Å²) in [5.41, 5.74) is 1.98. The third kappa shape index (κ3) is 3.20. The molecule has 1 heterocycles. The highest BCUT2D eigenvalue weighted by Crippen LogP contribution is 2.17. The Morgan fingerprint density at radius 1 is 1.35 bits per heavy atom. The number of hydrogen-bond acceptors (Lipinski definition) is 4. The van der Waals surface area contributed by atoms with Gasteiger partial charge < -0.3 is 4.42 Å². The fourth-order valence-corrected chi connectivity index (χ4v) is 2.10. The van der Waals surface area contributed by atoms with Gasteiger partial charge in [0, 0.05) is 5.56 Å². The molecule has 0 aliphatic rings. The minimum Gasteiger partial charge on any atom is -0.440 e. The van der Waals surface area contributed by atoms with E-state index in [1.165, 1.54) is 23.6 Å². The van der Waals surface area contributed by atoms with Crippen molar-refractivity contribution in [3.63, 3.8) is 0 Å². The molecular weight excluding hydrogens is 234 g/mol. The third-order valence-electron chi connectivity index (χ3n) is 2.42. The zero-order valence-corrected chi connectivity index (χ0v) is 10.4. The fourth-order valence-electron chi connectivity index (χ4n) is 1.42. The zero-order chi connectivity index (χ0) is 12.1. The summed E-state index contributed by atoms with van der Waals surface area (Å²) in [4.78, 5) is 15.8. The fraction of sp³-hybridized carbons (Fsp3) is 0.231. The highest BCUT2D eigenvalue weighted by Gasteiger charge is 2.08. The van der Waals surface area contributed by atoms with Gasteiger partial charge in [-0.25, -0.2) is 4.98 Å². The van der Waals surface area contributed by atoms with Crippen LogP contribution in [0.2, 0.25) is 0 Å². The number of hydrogen-bond donors (Lipinski definition) is 0. The average Bonchev–Trinajstić information content (AvgIpc) is 2.89. The van der Waals surface area contributed by atoms with E-state index in [0.29, 0.717) is 11.0 Å². The maximum atomic E-state index is 11.8. The first kappa shape index (κ1) is 11.9. The number of carbonyl (C=O) groups is 1. The SMILES string of the molecule is CCc1ccc(C(=O)CSc2ncco2)cc1. The number of oxazole rings is 1. The Bertz CT molecular complexity index is 477. The molecule has 2 aromatic rings. The predicted molar refractivity (Wildman–Crippen MR) is 67.4 cm³/mol. The van der Waals surface area contributed by atoms with Gasteiger partial charge in [0.2, 0.25) is 0 Å². The van der Waals surface area contributed by atoms with Crippen molar-refractivity contribution in [3.8, 4) is 0 Å². The molecule has 0 atom stereocenters. The van der Waals surface area contributed by atoms with Crippen LogP contribution in [-0.2, 0) is 6.42 Å². The summed E-state index contributed by atoms with van der Waals surface area (Å²) in [7, 11) is 0. The van der Waals surface area contributed by atoms with Gasteiger partial charge in [-0.05, 0) is 12.0 Å². The van der Waals surface area contributed by atoms with E-state index >= 15 is 0 Å². The zero-order valence-electron chi connectivity index (χ0n) is 9.55. The number of benzene rings is 1. The monoisotopic (exact) mass is 247 g/mol. The number of Topliss-reactive ketones (excluding diaryl/α,β-unsaturated/α-hetero) is 1. The van der Waals surface area contributed by atoms with Gasteiger partial charge in [0.15, 0.2) is 5.78 Å². The number of rotatable bonds is 5. The van der Waals surface area contributed by atoms with Crippen LogP contribution in [0.1, 0.15) is 22.8 Å². The lowest BCUT2D eigenvalue weighted by molar-refractivity contribution is 0.102. The molecule has 1 aromatic heterocycles. The molecule has 0 spiro atoms. The standard InChI is InChI=1S/C13H13NO2S/c1-2-10-3-5-11(6-4-10)12(15)9-17-13-14-7-8-16-13/h3-8H,2,9H2,1H3. The summed E-state index contributed by atoms with van der Waals surface area (Å²) in [5, 5.41) is 0.531. The highest BCUT2D eigenvalue weighted by atomic mass is 32.2. The van der Waals surface area contributed by atoms with Gasteiger partial charge in [-0.1, -0.05) is 43.0 Å². The highest BCUT2D eigenvalue weighted by molar-refractivity contribution is 7.99. The largest absolute Gasteiger partial charge is 0.440 e. The molecule has 0 saturated heterocycles. The third-order valence-corrected chi connectivity index (χ3v) is 3.28. The number of carbonyl (C=O) groups excluding carboxylic acids is 1. The lowest BCUT2D eigenvalue weighted by atomic mass is 10.1. The molecule has 0 aliphatic carbocycles. The Balaban J connectivity index is 1.95.